The minimum Gasteiger partial charge on any atom is -0.508 e. The molecule has 0 spiro atoms. The summed E-state index contributed by atoms with van der Waals surface area (Å²) in [7, 11) is 4.02. The Morgan fingerprint density at radius 1 is 0.833 bits per heavy atom. The summed E-state index contributed by atoms with van der Waals surface area (Å²) >= 11 is 0. The Labute approximate surface area is 145 Å². The lowest BCUT2D eigenvalue weighted by molar-refractivity contribution is 0.385. The van der Waals surface area contributed by atoms with Crippen molar-refractivity contribution in [3.8, 4) is 11.5 Å². The summed E-state index contributed by atoms with van der Waals surface area (Å²) in [5.41, 5.74) is 3.49. The third-order valence-corrected chi connectivity index (χ3v) is 4.70. The van der Waals surface area contributed by atoms with Crippen LogP contribution < -0.4 is 0 Å². The molecule has 0 saturated heterocycles. The maximum atomic E-state index is 10.1. The van der Waals surface area contributed by atoms with E-state index in [1.54, 1.807) is 12.1 Å². The third-order valence-electron chi connectivity index (χ3n) is 4.70. The number of rotatable bonds is 7. The normalized spacial score (nSPS) is 13.9. The van der Waals surface area contributed by atoms with Crippen LogP contribution in [0.5, 0.6) is 11.5 Å². The Morgan fingerprint density at radius 2 is 1.38 bits per heavy atom. The molecule has 0 aromatic heterocycles. The van der Waals surface area contributed by atoms with Crippen molar-refractivity contribution in [1.29, 1.82) is 0 Å². The molecule has 0 aliphatic heterocycles. The minimum absolute atomic E-state index is 0.305. The molecular weight excluding hydrogens is 298 g/mol. The molecule has 0 radical (unpaired) electrons. The summed E-state index contributed by atoms with van der Waals surface area (Å²) in [5, 5.41) is 19.7. The summed E-state index contributed by atoms with van der Waals surface area (Å²) < 4.78 is 0. The third kappa shape index (κ3) is 4.30. The van der Waals surface area contributed by atoms with Crippen molar-refractivity contribution in [1.82, 2.24) is 4.90 Å². The van der Waals surface area contributed by atoms with Crippen molar-refractivity contribution < 1.29 is 10.2 Å². The Morgan fingerprint density at radius 3 is 1.92 bits per heavy atom. The van der Waals surface area contributed by atoms with Gasteiger partial charge in [0.15, 0.2) is 0 Å². The van der Waals surface area contributed by atoms with Crippen LogP contribution in [0.25, 0.3) is 0 Å². The smallest absolute Gasteiger partial charge is 0.120 e. The highest BCUT2D eigenvalue weighted by atomic mass is 16.3. The molecule has 130 valence electrons. The zero-order chi connectivity index (χ0) is 17.7. The molecule has 0 aliphatic carbocycles. The Hall–Kier alpha value is -2.00. The molecule has 0 heterocycles. The second kappa shape index (κ2) is 8.20. The van der Waals surface area contributed by atoms with Gasteiger partial charge in [0.2, 0.25) is 0 Å². The van der Waals surface area contributed by atoms with Crippen LogP contribution in [0, 0.1) is 0 Å². The molecule has 2 aromatic rings. The van der Waals surface area contributed by atoms with E-state index in [-0.39, 0.29) is 0 Å². The zero-order valence-electron chi connectivity index (χ0n) is 15.2. The molecule has 2 aromatic carbocycles. The highest BCUT2D eigenvalue weighted by Gasteiger charge is 2.23. The van der Waals surface area contributed by atoms with Crippen molar-refractivity contribution in [2.45, 2.75) is 45.1 Å². The number of nitrogens with zero attached hydrogens (tertiary/aromatic N) is 1. The lowest BCUT2D eigenvalue weighted by Crippen LogP contribution is -2.13. The van der Waals surface area contributed by atoms with Crippen LogP contribution in [0.3, 0.4) is 0 Å². The molecule has 0 aliphatic rings. The van der Waals surface area contributed by atoms with Crippen LogP contribution in [0.4, 0.5) is 0 Å². The van der Waals surface area contributed by atoms with Crippen LogP contribution in [-0.4, -0.2) is 29.2 Å². The van der Waals surface area contributed by atoms with Crippen molar-refractivity contribution in [2.24, 2.45) is 0 Å². The SMILES string of the molecule is CC[C@H](c1ccc(O)cc1)[C@@H](CC)c1ccc(O)c(CN(C)C)c1. The van der Waals surface area contributed by atoms with E-state index in [1.807, 2.05) is 38.4 Å². The highest BCUT2D eigenvalue weighted by molar-refractivity contribution is 5.39. The zero-order valence-corrected chi connectivity index (χ0v) is 15.2. The number of hydrogen-bond donors (Lipinski definition) is 2. The van der Waals surface area contributed by atoms with E-state index in [2.05, 4.69) is 24.8 Å². The maximum Gasteiger partial charge on any atom is 0.120 e. The van der Waals surface area contributed by atoms with E-state index in [4.69, 9.17) is 0 Å². The Kier molecular flexibility index (Phi) is 6.27. The van der Waals surface area contributed by atoms with Crippen LogP contribution in [0.2, 0.25) is 0 Å². The fourth-order valence-electron chi connectivity index (χ4n) is 3.53. The number of phenolic OH excluding ortho intramolecular Hbond substituents is 2. The molecule has 2 N–H and O–H groups in total. The molecule has 0 unspecified atom stereocenters. The van der Waals surface area contributed by atoms with Crippen molar-refractivity contribution in [3.63, 3.8) is 0 Å². The van der Waals surface area contributed by atoms with Crippen LogP contribution in [-0.2, 0) is 6.54 Å². The van der Waals surface area contributed by atoms with Gasteiger partial charge in [-0.1, -0.05) is 38.1 Å². The first-order chi connectivity index (χ1) is 11.5. The molecule has 0 fully saturated rings. The summed E-state index contributed by atoms with van der Waals surface area (Å²) in [6, 6.07) is 13.6. The quantitative estimate of drug-likeness (QED) is 0.764. The van der Waals surface area contributed by atoms with E-state index in [0.29, 0.717) is 23.3 Å². The van der Waals surface area contributed by atoms with Crippen molar-refractivity contribution in [2.75, 3.05) is 14.1 Å². The molecule has 0 saturated carbocycles. The minimum atomic E-state index is 0.305. The fourth-order valence-corrected chi connectivity index (χ4v) is 3.53. The van der Waals surface area contributed by atoms with Gasteiger partial charge in [0.1, 0.15) is 11.5 Å². The number of benzene rings is 2. The molecule has 24 heavy (non-hydrogen) atoms. The van der Waals surface area contributed by atoms with E-state index >= 15 is 0 Å². The van der Waals surface area contributed by atoms with Gasteiger partial charge in [-0.2, -0.15) is 0 Å². The van der Waals surface area contributed by atoms with E-state index in [1.165, 1.54) is 11.1 Å². The number of hydrogen-bond acceptors (Lipinski definition) is 3. The van der Waals surface area contributed by atoms with Gasteiger partial charge in [-0.25, -0.2) is 0 Å². The first kappa shape index (κ1) is 18.3. The molecular formula is C21H29NO2. The molecule has 3 heteroatoms. The maximum absolute atomic E-state index is 10.1. The summed E-state index contributed by atoms with van der Waals surface area (Å²) in [6.45, 7) is 5.15. The first-order valence-electron chi connectivity index (χ1n) is 8.71. The van der Waals surface area contributed by atoms with Gasteiger partial charge in [0.05, 0.1) is 0 Å². The fraction of sp³-hybridized carbons (Fsp3) is 0.429. The van der Waals surface area contributed by atoms with E-state index < -0.39 is 0 Å². The van der Waals surface area contributed by atoms with Gasteiger partial charge in [0.25, 0.3) is 0 Å². The predicted octanol–water partition coefficient (Wildman–Crippen LogP) is 4.85. The van der Waals surface area contributed by atoms with Gasteiger partial charge in [-0.3, -0.25) is 0 Å². The van der Waals surface area contributed by atoms with Gasteiger partial charge in [-0.05, 0) is 68.1 Å². The van der Waals surface area contributed by atoms with Gasteiger partial charge in [-0.15, -0.1) is 0 Å². The highest BCUT2D eigenvalue weighted by Crippen LogP contribution is 2.39. The molecule has 0 amide bonds. The van der Waals surface area contributed by atoms with Crippen LogP contribution in [0.15, 0.2) is 42.5 Å². The predicted molar refractivity (Wildman–Crippen MR) is 99.7 cm³/mol. The van der Waals surface area contributed by atoms with Crippen molar-refractivity contribution in [3.05, 3.63) is 59.2 Å². The standard InChI is InChI=1S/C21H29NO2/c1-5-19(15-7-10-18(23)11-8-15)20(6-2)16-9-12-21(24)17(13-16)14-22(3)4/h7-13,19-20,23-24H,5-6,14H2,1-4H3/t19-,20+/m1/s1. The lowest BCUT2D eigenvalue weighted by Gasteiger charge is -2.27. The molecule has 0 bridgehead atoms. The van der Waals surface area contributed by atoms with Crippen LogP contribution >= 0.6 is 0 Å². The second-order valence-electron chi connectivity index (χ2n) is 6.75. The first-order valence-corrected chi connectivity index (χ1v) is 8.71. The average molecular weight is 327 g/mol. The lowest BCUT2D eigenvalue weighted by atomic mass is 9.78. The van der Waals surface area contributed by atoms with Gasteiger partial charge >= 0.3 is 0 Å². The van der Waals surface area contributed by atoms with E-state index in [0.717, 1.165) is 24.9 Å². The van der Waals surface area contributed by atoms with Crippen LogP contribution in [0.1, 0.15) is 55.2 Å². The van der Waals surface area contributed by atoms with E-state index in [9.17, 15) is 10.2 Å². The molecule has 3 nitrogen and oxygen atoms in total. The topological polar surface area (TPSA) is 43.7 Å². The number of phenols is 2. The summed E-state index contributed by atoms with van der Waals surface area (Å²) in [6.07, 6.45) is 2.07. The Balaban J connectivity index is 2.36. The summed E-state index contributed by atoms with van der Waals surface area (Å²) in [5.74, 6) is 1.45. The van der Waals surface area contributed by atoms with Crippen molar-refractivity contribution >= 4 is 0 Å². The van der Waals surface area contributed by atoms with Gasteiger partial charge < -0.3 is 15.1 Å². The largest absolute Gasteiger partial charge is 0.508 e. The Bertz CT molecular complexity index is 649. The van der Waals surface area contributed by atoms with Gasteiger partial charge in [0, 0.05) is 12.1 Å². The number of aromatic hydroxyl groups is 2. The monoisotopic (exact) mass is 327 g/mol. The average Bonchev–Trinajstić information content (AvgIpc) is 2.55. The second-order valence-corrected chi connectivity index (χ2v) is 6.75. The molecule has 2 rings (SSSR count). The molecule has 2 atom stereocenters. The summed E-state index contributed by atoms with van der Waals surface area (Å²) in [4.78, 5) is 2.07.